The zero-order valence-electron chi connectivity index (χ0n) is 17.0. The first kappa shape index (κ1) is 25.8. The lowest BCUT2D eigenvalue weighted by molar-refractivity contribution is -0.114. The molecule has 1 heteroatoms. The molecule has 0 fully saturated rings. The molecule has 1 rings (SSSR count). The van der Waals surface area contributed by atoms with Crippen LogP contribution in [0.5, 0.6) is 0 Å². The Morgan fingerprint density at radius 3 is 1.41 bits per heavy atom. The molecule has 0 aromatic heterocycles. The van der Waals surface area contributed by atoms with E-state index in [9.17, 15) is 4.79 Å². The summed E-state index contributed by atoms with van der Waals surface area (Å²) in [7, 11) is 0. The molecule has 0 atom stereocenters. The van der Waals surface area contributed by atoms with Gasteiger partial charge in [-0.05, 0) is 57.6 Å². The number of aryl methyl sites for hydroxylation is 3. The number of carbonyl (C=O) groups excluding carboxylic acids is 1. The smallest absolute Gasteiger partial charge is 0.126 e. The third kappa shape index (κ3) is 31.3. The molecule has 0 aliphatic heterocycles. The molecule has 0 saturated heterocycles. The molecule has 0 N–H and O–H groups in total. The van der Waals surface area contributed by atoms with Crippen LogP contribution < -0.4 is 0 Å². The summed E-state index contributed by atoms with van der Waals surface area (Å²) in [5.41, 5.74) is 4.11. The van der Waals surface area contributed by atoms with Gasteiger partial charge in [-0.1, -0.05) is 71.7 Å². The van der Waals surface area contributed by atoms with Crippen molar-refractivity contribution in [3.8, 4) is 0 Å². The van der Waals surface area contributed by atoms with Crippen molar-refractivity contribution >= 4 is 5.78 Å². The SMILES string of the molecule is CC(C)=O.CC(C)C.CCC(C)C.Cc1ccc(C)c(C)c1. The molecule has 1 aromatic rings. The molecule has 0 bridgehead atoms. The molecular weight excluding hydrogens is 268 g/mol. The normalized spacial score (nSPS) is 8.95. The second-order valence-corrected chi connectivity index (χ2v) is 7.03. The van der Waals surface area contributed by atoms with E-state index in [4.69, 9.17) is 0 Å². The molecule has 0 amide bonds. The van der Waals surface area contributed by atoms with Gasteiger partial charge in [0.15, 0.2) is 0 Å². The highest BCUT2D eigenvalue weighted by Crippen LogP contribution is 2.07. The van der Waals surface area contributed by atoms with E-state index < -0.39 is 0 Å². The Morgan fingerprint density at radius 1 is 0.909 bits per heavy atom. The average Bonchev–Trinajstić information content (AvgIpc) is 2.33. The van der Waals surface area contributed by atoms with Gasteiger partial charge < -0.3 is 4.79 Å². The average molecular weight is 309 g/mol. The molecule has 0 aliphatic rings. The van der Waals surface area contributed by atoms with Crippen molar-refractivity contribution in [3.63, 3.8) is 0 Å². The number of hydrogen-bond acceptors (Lipinski definition) is 1. The van der Waals surface area contributed by atoms with Crippen LogP contribution in [0.25, 0.3) is 0 Å². The van der Waals surface area contributed by atoms with Crippen LogP contribution in [0.4, 0.5) is 0 Å². The molecule has 0 saturated carbocycles. The van der Waals surface area contributed by atoms with Crippen LogP contribution in [-0.4, -0.2) is 5.78 Å². The van der Waals surface area contributed by atoms with Gasteiger partial charge in [0.05, 0.1) is 0 Å². The zero-order chi connectivity index (χ0) is 18.3. The van der Waals surface area contributed by atoms with Crippen molar-refractivity contribution in [1.82, 2.24) is 0 Å². The lowest BCUT2D eigenvalue weighted by Gasteiger charge is -1.98. The summed E-state index contributed by atoms with van der Waals surface area (Å²) >= 11 is 0. The van der Waals surface area contributed by atoms with Gasteiger partial charge >= 0.3 is 0 Å². The highest BCUT2D eigenvalue weighted by molar-refractivity contribution is 5.72. The molecule has 1 nitrogen and oxygen atoms in total. The second kappa shape index (κ2) is 16.3. The predicted molar refractivity (Wildman–Crippen MR) is 103 cm³/mol. The Labute approximate surface area is 140 Å². The summed E-state index contributed by atoms with van der Waals surface area (Å²) in [5, 5.41) is 0. The lowest BCUT2D eigenvalue weighted by atomic mass is 10.1. The minimum absolute atomic E-state index is 0.167. The minimum Gasteiger partial charge on any atom is -0.300 e. The molecule has 0 heterocycles. The Morgan fingerprint density at radius 2 is 1.23 bits per heavy atom. The van der Waals surface area contributed by atoms with Gasteiger partial charge in [-0.2, -0.15) is 0 Å². The van der Waals surface area contributed by atoms with E-state index in [2.05, 4.69) is 80.5 Å². The predicted octanol–water partition coefficient (Wildman–Crippen LogP) is 6.92. The Kier molecular flexibility index (Phi) is 19.1. The highest BCUT2D eigenvalue weighted by Gasteiger charge is 1.89. The van der Waals surface area contributed by atoms with Crippen LogP contribution in [0, 0.1) is 32.6 Å². The summed E-state index contributed by atoms with van der Waals surface area (Å²) in [5.74, 6) is 1.88. The number of rotatable bonds is 1. The fourth-order valence-electron chi connectivity index (χ4n) is 0.891. The van der Waals surface area contributed by atoms with E-state index in [1.54, 1.807) is 0 Å². The highest BCUT2D eigenvalue weighted by atomic mass is 16.1. The van der Waals surface area contributed by atoms with E-state index >= 15 is 0 Å². The fourth-order valence-corrected chi connectivity index (χ4v) is 0.891. The molecule has 0 spiro atoms. The first-order valence-electron chi connectivity index (χ1n) is 8.44. The fraction of sp³-hybridized carbons (Fsp3) is 0.667. The standard InChI is InChI=1S/C9H12.C5H12.C4H10.C3H6O/c1-7-4-5-8(2)9(3)6-7;1-4-5(2)3;1-4(2)3;1-3(2)4/h4-6H,1-3H3;5H,4H2,1-3H3;4H,1-3H3;1-2H3. The van der Waals surface area contributed by atoms with E-state index in [1.165, 1.54) is 37.0 Å². The summed E-state index contributed by atoms with van der Waals surface area (Å²) < 4.78 is 0. The van der Waals surface area contributed by atoms with Crippen molar-refractivity contribution in [2.75, 3.05) is 0 Å². The van der Waals surface area contributed by atoms with Crippen molar-refractivity contribution in [3.05, 3.63) is 34.9 Å². The van der Waals surface area contributed by atoms with E-state index in [1.807, 2.05) is 0 Å². The maximum Gasteiger partial charge on any atom is 0.126 e. The Bertz CT molecular complexity index is 369. The van der Waals surface area contributed by atoms with Crippen molar-refractivity contribution in [1.29, 1.82) is 0 Å². The topological polar surface area (TPSA) is 17.1 Å². The third-order valence-electron chi connectivity index (χ3n) is 2.48. The summed E-state index contributed by atoms with van der Waals surface area (Å²) in [6.45, 7) is 22.6. The van der Waals surface area contributed by atoms with Crippen LogP contribution in [-0.2, 0) is 4.79 Å². The van der Waals surface area contributed by atoms with Crippen LogP contribution in [0.2, 0.25) is 0 Å². The third-order valence-corrected chi connectivity index (χ3v) is 2.48. The second-order valence-electron chi connectivity index (χ2n) is 7.03. The molecule has 1 aromatic carbocycles. The van der Waals surface area contributed by atoms with Gasteiger partial charge in [0.2, 0.25) is 0 Å². The summed E-state index contributed by atoms with van der Waals surface area (Å²) in [6.07, 6.45) is 1.31. The van der Waals surface area contributed by atoms with Crippen LogP contribution in [0.1, 0.15) is 78.5 Å². The summed E-state index contributed by atoms with van der Waals surface area (Å²) in [4.78, 5) is 9.44. The Hall–Kier alpha value is -1.11. The molecule has 0 aliphatic carbocycles. The molecule has 0 unspecified atom stereocenters. The minimum atomic E-state index is 0.167. The van der Waals surface area contributed by atoms with Crippen LogP contribution >= 0.6 is 0 Å². The van der Waals surface area contributed by atoms with Crippen LogP contribution in [0.15, 0.2) is 18.2 Å². The van der Waals surface area contributed by atoms with Gasteiger partial charge in [-0.3, -0.25) is 0 Å². The van der Waals surface area contributed by atoms with Gasteiger partial charge in [0.25, 0.3) is 0 Å². The molecule has 22 heavy (non-hydrogen) atoms. The Balaban J connectivity index is -0.000000240. The number of carbonyl (C=O) groups is 1. The van der Waals surface area contributed by atoms with Crippen LogP contribution in [0.3, 0.4) is 0 Å². The van der Waals surface area contributed by atoms with Crippen molar-refractivity contribution in [2.24, 2.45) is 11.8 Å². The van der Waals surface area contributed by atoms with E-state index in [0.717, 1.165) is 11.8 Å². The van der Waals surface area contributed by atoms with Gasteiger partial charge in [0, 0.05) is 0 Å². The van der Waals surface area contributed by atoms with Crippen molar-refractivity contribution < 1.29 is 4.79 Å². The maximum atomic E-state index is 9.44. The first-order valence-corrected chi connectivity index (χ1v) is 8.44. The van der Waals surface area contributed by atoms with Gasteiger partial charge in [0.1, 0.15) is 5.78 Å². The zero-order valence-corrected chi connectivity index (χ0v) is 17.0. The maximum absolute atomic E-state index is 9.44. The van der Waals surface area contributed by atoms with E-state index in [-0.39, 0.29) is 5.78 Å². The number of Topliss-reactive ketones (excluding diaryl/α,β-unsaturated/α-hetero) is 1. The number of hydrogen-bond donors (Lipinski definition) is 0. The van der Waals surface area contributed by atoms with Gasteiger partial charge in [-0.25, -0.2) is 0 Å². The number of ketones is 1. The number of benzene rings is 1. The van der Waals surface area contributed by atoms with E-state index in [0.29, 0.717) is 0 Å². The van der Waals surface area contributed by atoms with Gasteiger partial charge in [-0.15, -0.1) is 0 Å². The largest absolute Gasteiger partial charge is 0.300 e. The first-order chi connectivity index (χ1) is 9.93. The molecular formula is C21H40O. The lowest BCUT2D eigenvalue weighted by Crippen LogP contribution is -1.79. The van der Waals surface area contributed by atoms with Crippen molar-refractivity contribution in [2.45, 2.75) is 82.6 Å². The quantitative estimate of drug-likeness (QED) is 0.550. The monoisotopic (exact) mass is 308 g/mol. The summed E-state index contributed by atoms with van der Waals surface area (Å²) in [6, 6.07) is 6.50. The molecule has 0 radical (unpaired) electrons. The molecule has 130 valence electrons.